The van der Waals surface area contributed by atoms with Crippen LogP contribution in [0, 0.1) is 0 Å². The van der Waals surface area contributed by atoms with E-state index < -0.39 is 0 Å². The van der Waals surface area contributed by atoms with E-state index in [9.17, 15) is 4.79 Å². The molecule has 1 aliphatic carbocycles. The smallest absolute Gasteiger partial charge is 0.251 e. The summed E-state index contributed by atoms with van der Waals surface area (Å²) in [5, 5.41) is 3.81. The average Bonchev–Trinajstić information content (AvgIpc) is 2.77. The number of benzene rings is 1. The van der Waals surface area contributed by atoms with E-state index in [1.807, 2.05) is 36.0 Å². The molecule has 0 radical (unpaired) electrons. The Kier molecular flexibility index (Phi) is 4.40. The number of hydrogen-bond acceptors (Lipinski definition) is 3. The lowest BCUT2D eigenvalue weighted by Crippen LogP contribution is -2.33. The first-order valence-electron chi connectivity index (χ1n) is 5.81. The molecular weight excluding hydrogens is 250 g/mol. The fraction of sp³-hybridized carbons (Fsp3) is 0.462. The second kappa shape index (κ2) is 5.83. The predicted octanol–water partition coefficient (Wildman–Crippen LogP) is 2.99. The van der Waals surface area contributed by atoms with Crippen molar-refractivity contribution in [2.75, 3.05) is 6.26 Å². The molecule has 0 spiro atoms. The van der Waals surface area contributed by atoms with Crippen molar-refractivity contribution in [1.29, 1.82) is 0 Å². The normalized spacial score (nSPS) is 23.6. The number of amides is 1. The van der Waals surface area contributed by atoms with Crippen molar-refractivity contribution >= 4 is 30.3 Å². The molecule has 1 aromatic carbocycles. The Morgan fingerprint density at radius 2 is 2.06 bits per heavy atom. The van der Waals surface area contributed by atoms with Crippen molar-refractivity contribution in [3.63, 3.8) is 0 Å². The summed E-state index contributed by atoms with van der Waals surface area (Å²) in [5.41, 5.74) is 0.718. The van der Waals surface area contributed by atoms with Crippen molar-refractivity contribution in [2.24, 2.45) is 0 Å². The van der Waals surface area contributed by atoms with E-state index in [0.717, 1.165) is 23.3 Å². The van der Waals surface area contributed by atoms with Crippen LogP contribution in [0.3, 0.4) is 0 Å². The Morgan fingerprint density at radius 1 is 1.35 bits per heavy atom. The Morgan fingerprint density at radius 3 is 2.65 bits per heavy atom. The first-order chi connectivity index (χ1) is 8.19. The molecule has 1 aromatic rings. The van der Waals surface area contributed by atoms with E-state index in [1.54, 1.807) is 0 Å². The zero-order chi connectivity index (χ0) is 12.3. The molecule has 17 heavy (non-hydrogen) atoms. The lowest BCUT2D eigenvalue weighted by atomic mass is 10.2. The maximum Gasteiger partial charge on any atom is 0.251 e. The van der Waals surface area contributed by atoms with Crippen LogP contribution in [0.2, 0.25) is 0 Å². The highest BCUT2D eigenvalue weighted by Gasteiger charge is 2.25. The standard InChI is InChI=1S/C13H17NOS2/c1-17-12-7-4-10(8-12)14-13(15)9-2-5-11(16)6-3-9/h2-3,5-6,10,12,16H,4,7-8H2,1H3,(H,14,15). The zero-order valence-electron chi connectivity index (χ0n) is 9.85. The number of carbonyl (C=O) groups is 1. The largest absolute Gasteiger partial charge is 0.349 e. The van der Waals surface area contributed by atoms with Gasteiger partial charge in [-0.1, -0.05) is 0 Å². The first kappa shape index (κ1) is 12.8. The number of carbonyl (C=O) groups excluding carboxylic acids is 1. The summed E-state index contributed by atoms with van der Waals surface area (Å²) in [6.07, 6.45) is 5.54. The first-order valence-corrected chi connectivity index (χ1v) is 7.55. The highest BCUT2D eigenvalue weighted by atomic mass is 32.2. The second-order valence-corrected chi connectivity index (χ2v) is 6.04. The van der Waals surface area contributed by atoms with Crippen LogP contribution in [-0.2, 0) is 0 Å². The van der Waals surface area contributed by atoms with Crippen LogP contribution in [0.25, 0.3) is 0 Å². The van der Waals surface area contributed by atoms with Gasteiger partial charge in [0.15, 0.2) is 0 Å². The summed E-state index contributed by atoms with van der Waals surface area (Å²) in [4.78, 5) is 12.8. The Balaban J connectivity index is 1.91. The number of thiol groups is 1. The fourth-order valence-corrected chi connectivity index (χ4v) is 3.11. The van der Waals surface area contributed by atoms with Gasteiger partial charge in [-0.2, -0.15) is 11.8 Å². The van der Waals surface area contributed by atoms with Crippen LogP contribution >= 0.6 is 24.4 Å². The minimum atomic E-state index is 0.0325. The molecule has 2 atom stereocenters. The third-order valence-corrected chi connectivity index (χ3v) is 4.58. The van der Waals surface area contributed by atoms with Gasteiger partial charge < -0.3 is 5.32 Å². The topological polar surface area (TPSA) is 29.1 Å². The minimum Gasteiger partial charge on any atom is -0.349 e. The fourth-order valence-electron chi connectivity index (χ4n) is 2.17. The second-order valence-electron chi connectivity index (χ2n) is 4.39. The van der Waals surface area contributed by atoms with Gasteiger partial charge >= 0.3 is 0 Å². The summed E-state index contributed by atoms with van der Waals surface area (Å²) in [5.74, 6) is 0.0325. The van der Waals surface area contributed by atoms with E-state index in [1.165, 1.54) is 6.42 Å². The molecular formula is C13H17NOS2. The molecule has 1 N–H and O–H groups in total. The number of rotatable bonds is 3. The molecule has 92 valence electrons. The molecule has 2 rings (SSSR count). The molecule has 4 heteroatoms. The van der Waals surface area contributed by atoms with Gasteiger partial charge in [-0.25, -0.2) is 0 Å². The zero-order valence-corrected chi connectivity index (χ0v) is 11.6. The van der Waals surface area contributed by atoms with Crippen LogP contribution in [0.5, 0.6) is 0 Å². The minimum absolute atomic E-state index is 0.0325. The Hall–Kier alpha value is -0.610. The molecule has 2 unspecified atom stereocenters. The third kappa shape index (κ3) is 3.42. The Bertz CT molecular complexity index is 391. The van der Waals surface area contributed by atoms with Gasteiger partial charge in [0.2, 0.25) is 0 Å². The maximum atomic E-state index is 12.0. The van der Waals surface area contributed by atoms with Crippen molar-refractivity contribution in [3.05, 3.63) is 29.8 Å². The monoisotopic (exact) mass is 267 g/mol. The maximum absolute atomic E-state index is 12.0. The van der Waals surface area contributed by atoms with E-state index in [0.29, 0.717) is 11.3 Å². The molecule has 1 saturated carbocycles. The van der Waals surface area contributed by atoms with Gasteiger partial charge in [-0.05, 0) is 49.8 Å². The summed E-state index contributed by atoms with van der Waals surface area (Å²) < 4.78 is 0. The molecule has 0 aliphatic heterocycles. The summed E-state index contributed by atoms with van der Waals surface area (Å²) >= 11 is 6.11. The van der Waals surface area contributed by atoms with Gasteiger partial charge in [-0.15, -0.1) is 12.6 Å². The third-order valence-electron chi connectivity index (χ3n) is 3.18. The summed E-state index contributed by atoms with van der Waals surface area (Å²) in [7, 11) is 0. The van der Waals surface area contributed by atoms with Crippen LogP contribution in [0.4, 0.5) is 0 Å². The average molecular weight is 267 g/mol. The summed E-state index contributed by atoms with van der Waals surface area (Å²) in [6.45, 7) is 0. The predicted molar refractivity (Wildman–Crippen MR) is 76.1 cm³/mol. The molecule has 1 fully saturated rings. The van der Waals surface area contributed by atoms with Crippen LogP contribution < -0.4 is 5.32 Å². The molecule has 2 nitrogen and oxygen atoms in total. The van der Waals surface area contributed by atoms with Gasteiger partial charge in [0, 0.05) is 21.8 Å². The van der Waals surface area contributed by atoms with Crippen LogP contribution in [0.15, 0.2) is 29.2 Å². The number of nitrogens with one attached hydrogen (secondary N) is 1. The van der Waals surface area contributed by atoms with E-state index in [-0.39, 0.29) is 5.91 Å². The molecule has 0 bridgehead atoms. The quantitative estimate of drug-likeness (QED) is 0.824. The number of hydrogen-bond donors (Lipinski definition) is 2. The van der Waals surface area contributed by atoms with Crippen molar-refractivity contribution in [2.45, 2.75) is 35.4 Å². The molecule has 1 aliphatic rings. The lowest BCUT2D eigenvalue weighted by Gasteiger charge is -2.12. The van der Waals surface area contributed by atoms with E-state index in [4.69, 9.17) is 0 Å². The van der Waals surface area contributed by atoms with E-state index >= 15 is 0 Å². The summed E-state index contributed by atoms with van der Waals surface area (Å²) in [6, 6.07) is 7.67. The van der Waals surface area contributed by atoms with Gasteiger partial charge in [0.1, 0.15) is 0 Å². The SMILES string of the molecule is CSC1CCC(NC(=O)c2ccc(S)cc2)C1. The Labute approximate surface area is 112 Å². The van der Waals surface area contributed by atoms with Gasteiger partial charge in [-0.3, -0.25) is 4.79 Å². The van der Waals surface area contributed by atoms with Crippen molar-refractivity contribution in [3.8, 4) is 0 Å². The van der Waals surface area contributed by atoms with Gasteiger partial charge in [0.05, 0.1) is 0 Å². The van der Waals surface area contributed by atoms with Crippen molar-refractivity contribution in [1.82, 2.24) is 5.32 Å². The van der Waals surface area contributed by atoms with Gasteiger partial charge in [0.25, 0.3) is 5.91 Å². The van der Waals surface area contributed by atoms with Crippen LogP contribution in [0.1, 0.15) is 29.6 Å². The highest BCUT2D eigenvalue weighted by Crippen LogP contribution is 2.28. The van der Waals surface area contributed by atoms with Crippen LogP contribution in [-0.4, -0.2) is 23.5 Å². The van der Waals surface area contributed by atoms with Crippen molar-refractivity contribution < 1.29 is 4.79 Å². The molecule has 0 heterocycles. The molecule has 0 aromatic heterocycles. The lowest BCUT2D eigenvalue weighted by molar-refractivity contribution is 0.0938. The highest BCUT2D eigenvalue weighted by molar-refractivity contribution is 7.99. The molecule has 1 amide bonds. The number of thioether (sulfide) groups is 1. The van der Waals surface area contributed by atoms with E-state index in [2.05, 4.69) is 24.2 Å². The molecule has 0 saturated heterocycles.